The Morgan fingerprint density at radius 2 is 2.09 bits per heavy atom. The van der Waals surface area contributed by atoms with Gasteiger partial charge in [0, 0.05) is 24.2 Å². The number of rotatable bonds is 8. The molecule has 4 rings (SSSR count). The molecule has 4 N–H and O–H groups in total. The van der Waals surface area contributed by atoms with Crippen LogP contribution in [0, 0.1) is 0 Å². The third kappa shape index (κ3) is 5.05. The van der Waals surface area contributed by atoms with Gasteiger partial charge in [-0.05, 0) is 56.0 Å². The van der Waals surface area contributed by atoms with Crippen LogP contribution in [0.15, 0.2) is 40.9 Å². The summed E-state index contributed by atoms with van der Waals surface area (Å²) in [6.45, 7) is 3.85. The van der Waals surface area contributed by atoms with Crippen LogP contribution in [0.4, 0.5) is 5.69 Å². The van der Waals surface area contributed by atoms with E-state index in [4.69, 9.17) is 15.0 Å². The largest absolute Gasteiger partial charge is 0.489 e. The maximum Gasteiger partial charge on any atom is 0.258 e. The Balaban J connectivity index is 1.58. The minimum atomic E-state index is -3.78. The molecule has 0 bridgehead atoms. The maximum absolute atomic E-state index is 12.4. The van der Waals surface area contributed by atoms with E-state index >= 15 is 0 Å². The highest BCUT2D eigenvalue weighted by Crippen LogP contribution is 2.38. The lowest BCUT2D eigenvalue weighted by Crippen LogP contribution is -2.36. The number of nitrogens with one attached hydrogen (secondary N) is 2. The third-order valence-corrected chi connectivity index (χ3v) is 6.76. The second kappa shape index (κ2) is 9.43. The van der Waals surface area contributed by atoms with Crippen LogP contribution >= 0.6 is 0 Å². The molecule has 0 saturated heterocycles. The topological polar surface area (TPSA) is 149 Å². The molecule has 0 saturated carbocycles. The molecule has 1 atom stereocenters. The number of hydrogen-bond donors (Lipinski definition) is 3. The predicted molar refractivity (Wildman–Crippen MR) is 127 cm³/mol. The van der Waals surface area contributed by atoms with Gasteiger partial charge >= 0.3 is 0 Å². The van der Waals surface area contributed by atoms with Gasteiger partial charge in [-0.25, -0.2) is 13.1 Å². The summed E-state index contributed by atoms with van der Waals surface area (Å²) < 4.78 is 38.5. The number of hydrogen-bond acceptors (Lipinski definition) is 8. The van der Waals surface area contributed by atoms with Gasteiger partial charge in [0.1, 0.15) is 11.5 Å². The van der Waals surface area contributed by atoms with Gasteiger partial charge in [-0.15, -0.1) is 0 Å². The summed E-state index contributed by atoms with van der Waals surface area (Å²) in [7, 11) is -2.38. The Labute approximate surface area is 197 Å². The normalized spacial score (nSPS) is 15.4. The minimum Gasteiger partial charge on any atom is -0.489 e. The number of benzene rings is 2. The molecule has 0 unspecified atom stereocenters. The van der Waals surface area contributed by atoms with E-state index in [0.717, 1.165) is 16.7 Å². The number of nitrogen functional groups attached to an aromatic ring is 1. The Morgan fingerprint density at radius 1 is 1.29 bits per heavy atom. The van der Waals surface area contributed by atoms with E-state index in [1.807, 2.05) is 32.0 Å². The van der Waals surface area contributed by atoms with Gasteiger partial charge in [0.15, 0.2) is 0 Å². The summed E-state index contributed by atoms with van der Waals surface area (Å²) in [5, 5.41) is 6.47. The average molecular weight is 486 g/mol. The number of nitrogens with zero attached hydrogens (tertiary/aromatic N) is 2. The van der Waals surface area contributed by atoms with E-state index in [1.54, 1.807) is 18.2 Å². The van der Waals surface area contributed by atoms with Gasteiger partial charge in [-0.2, -0.15) is 4.98 Å². The van der Waals surface area contributed by atoms with Crippen molar-refractivity contribution in [3.8, 4) is 28.6 Å². The van der Waals surface area contributed by atoms with Crippen LogP contribution < -0.4 is 20.5 Å². The molecule has 1 amide bonds. The molecule has 1 aliphatic rings. The molecule has 1 heterocycles. The van der Waals surface area contributed by atoms with E-state index in [-0.39, 0.29) is 6.10 Å². The first-order chi connectivity index (χ1) is 16.2. The van der Waals surface area contributed by atoms with Crippen molar-refractivity contribution < 1.29 is 22.5 Å². The quantitative estimate of drug-likeness (QED) is 0.412. The number of amides is 1. The molecule has 10 nitrogen and oxygen atoms in total. The van der Waals surface area contributed by atoms with Crippen molar-refractivity contribution in [3.05, 3.63) is 47.5 Å². The second-order valence-electron chi connectivity index (χ2n) is 8.36. The van der Waals surface area contributed by atoms with Gasteiger partial charge in [0.25, 0.3) is 5.89 Å². The zero-order chi connectivity index (χ0) is 24.5. The monoisotopic (exact) mass is 485 g/mol. The molecule has 34 heavy (non-hydrogen) atoms. The van der Waals surface area contributed by atoms with Gasteiger partial charge < -0.3 is 20.3 Å². The summed E-state index contributed by atoms with van der Waals surface area (Å²) in [6, 6.07) is 10.4. The molecule has 3 aromatic rings. The Morgan fingerprint density at radius 3 is 2.79 bits per heavy atom. The molecule has 180 valence electrons. The second-order valence-corrected chi connectivity index (χ2v) is 10.1. The first kappa shape index (κ1) is 23.7. The lowest BCUT2D eigenvalue weighted by Gasteiger charge is -2.14. The van der Waals surface area contributed by atoms with Crippen LogP contribution in [0.2, 0.25) is 0 Å². The molecule has 0 spiro atoms. The van der Waals surface area contributed by atoms with Crippen molar-refractivity contribution in [1.29, 1.82) is 0 Å². The van der Waals surface area contributed by atoms with Crippen LogP contribution in [-0.4, -0.2) is 43.4 Å². The number of nitrogens with two attached hydrogens (primary N) is 1. The Kier molecular flexibility index (Phi) is 6.58. The predicted octanol–water partition coefficient (Wildman–Crippen LogP) is 2.43. The average Bonchev–Trinajstić information content (AvgIpc) is 3.42. The van der Waals surface area contributed by atoms with Crippen LogP contribution in [-0.2, 0) is 21.2 Å². The Hall–Kier alpha value is -3.44. The van der Waals surface area contributed by atoms with Crippen LogP contribution in [0.25, 0.3) is 22.8 Å². The lowest BCUT2D eigenvalue weighted by molar-refractivity contribution is -0.118. The summed E-state index contributed by atoms with van der Waals surface area (Å²) in [5.74, 6) is 0.124. The van der Waals surface area contributed by atoms with Crippen molar-refractivity contribution in [2.45, 2.75) is 38.8 Å². The zero-order valence-electron chi connectivity index (χ0n) is 19.2. The number of fused-ring (bicyclic) bond motifs is 1. The van der Waals surface area contributed by atoms with Crippen molar-refractivity contribution in [2.75, 3.05) is 18.5 Å². The summed E-state index contributed by atoms with van der Waals surface area (Å²) >= 11 is 0. The molecular weight excluding hydrogens is 458 g/mol. The number of anilines is 1. The highest BCUT2D eigenvalue weighted by molar-refractivity contribution is 7.90. The highest BCUT2D eigenvalue weighted by atomic mass is 32.2. The molecule has 0 radical (unpaired) electrons. The summed E-state index contributed by atoms with van der Waals surface area (Å²) in [4.78, 5) is 16.1. The van der Waals surface area contributed by atoms with Crippen molar-refractivity contribution in [3.63, 3.8) is 0 Å². The lowest BCUT2D eigenvalue weighted by atomic mass is 10.0. The fourth-order valence-corrected chi connectivity index (χ4v) is 5.23. The van der Waals surface area contributed by atoms with Crippen molar-refractivity contribution >= 4 is 21.6 Å². The highest BCUT2D eigenvalue weighted by Gasteiger charge is 2.30. The third-order valence-electron chi connectivity index (χ3n) is 5.48. The number of sulfonamides is 1. The SMILES string of the molecule is CNC(=O)CS(=O)(=O)N[C@@H]1CCc2c(-c3noc(-c4ccc(OC(C)C)c(N)c4)n3)cccc21. The Bertz CT molecular complexity index is 1320. The molecule has 0 fully saturated rings. The van der Waals surface area contributed by atoms with Gasteiger partial charge in [0.2, 0.25) is 21.8 Å². The van der Waals surface area contributed by atoms with E-state index in [1.165, 1.54) is 7.05 Å². The van der Waals surface area contributed by atoms with Crippen LogP contribution in [0.3, 0.4) is 0 Å². The smallest absolute Gasteiger partial charge is 0.258 e. The van der Waals surface area contributed by atoms with Gasteiger partial charge in [0.05, 0.1) is 11.8 Å². The number of ether oxygens (including phenoxy) is 1. The molecule has 1 aromatic heterocycles. The summed E-state index contributed by atoms with van der Waals surface area (Å²) in [6.07, 6.45) is 1.20. The number of aromatic nitrogens is 2. The zero-order valence-corrected chi connectivity index (χ0v) is 20.0. The number of carbonyl (C=O) groups excluding carboxylic acids is 1. The van der Waals surface area contributed by atoms with E-state index in [0.29, 0.717) is 41.6 Å². The van der Waals surface area contributed by atoms with Crippen molar-refractivity contribution in [1.82, 2.24) is 20.2 Å². The fraction of sp³-hybridized carbons (Fsp3) is 0.348. The van der Waals surface area contributed by atoms with Crippen LogP contribution in [0.5, 0.6) is 5.75 Å². The van der Waals surface area contributed by atoms with Gasteiger partial charge in [-0.3, -0.25) is 4.79 Å². The van der Waals surface area contributed by atoms with Crippen molar-refractivity contribution in [2.24, 2.45) is 0 Å². The number of carbonyl (C=O) groups is 1. The first-order valence-electron chi connectivity index (χ1n) is 10.9. The van der Waals surface area contributed by atoms with E-state index in [2.05, 4.69) is 20.2 Å². The molecule has 2 aromatic carbocycles. The van der Waals surface area contributed by atoms with E-state index < -0.39 is 27.7 Å². The molecule has 1 aliphatic carbocycles. The standard InChI is InChI=1S/C23H27N5O5S/c1-13(2)32-20-10-7-14(11-18(20)24)23-26-22(27-33-23)17-6-4-5-16-15(17)8-9-19(16)28-34(30,31)12-21(29)25-3/h4-7,10-11,13,19,28H,8-9,12,24H2,1-3H3,(H,25,29)/t19-/m1/s1. The minimum absolute atomic E-state index is 0.000403. The molecule has 11 heteroatoms. The first-order valence-corrected chi connectivity index (χ1v) is 12.5. The van der Waals surface area contributed by atoms with Gasteiger partial charge in [-0.1, -0.05) is 23.4 Å². The molecule has 0 aliphatic heterocycles. The van der Waals surface area contributed by atoms with Crippen LogP contribution in [0.1, 0.15) is 37.4 Å². The van der Waals surface area contributed by atoms with E-state index in [9.17, 15) is 13.2 Å². The fourth-order valence-electron chi connectivity index (χ4n) is 3.98. The molecular formula is C23H27N5O5S. The summed E-state index contributed by atoms with van der Waals surface area (Å²) in [5.41, 5.74) is 9.80. The maximum atomic E-state index is 12.4.